The molecule has 1 fully saturated rings. The average Bonchev–Trinajstić information content (AvgIpc) is 3.36. The highest BCUT2D eigenvalue weighted by Gasteiger charge is 2.36. The summed E-state index contributed by atoms with van der Waals surface area (Å²) in [6.07, 6.45) is -4.45. The molecule has 7 nitrogen and oxygen atoms in total. The van der Waals surface area contributed by atoms with Gasteiger partial charge in [0.1, 0.15) is 5.69 Å². The van der Waals surface area contributed by atoms with Gasteiger partial charge in [0, 0.05) is 36.5 Å². The fourth-order valence-corrected chi connectivity index (χ4v) is 4.02. The van der Waals surface area contributed by atoms with E-state index < -0.39 is 23.5 Å². The predicted molar refractivity (Wildman–Crippen MR) is 114 cm³/mol. The number of aromatic nitrogens is 4. The third-order valence-electron chi connectivity index (χ3n) is 5.71. The summed E-state index contributed by atoms with van der Waals surface area (Å²) in [5, 5.41) is 9.36. The molecule has 0 spiro atoms. The van der Waals surface area contributed by atoms with Gasteiger partial charge in [0.15, 0.2) is 5.83 Å². The first-order valence-corrected chi connectivity index (χ1v) is 10.3. The highest BCUT2D eigenvalue weighted by Crippen LogP contribution is 2.38. The summed E-state index contributed by atoms with van der Waals surface area (Å²) in [6, 6.07) is 9.80. The maximum Gasteiger partial charge on any atom is 0.416 e. The number of para-hydroxylation sites is 1. The van der Waals surface area contributed by atoms with Crippen LogP contribution in [0.2, 0.25) is 0 Å². The molecule has 0 radical (unpaired) electrons. The molecule has 0 bridgehead atoms. The number of halogens is 4. The van der Waals surface area contributed by atoms with Crippen LogP contribution in [0.3, 0.4) is 0 Å². The predicted octanol–water partition coefficient (Wildman–Crippen LogP) is 4.95. The normalized spacial score (nSPS) is 14.4. The number of benzene rings is 2. The largest absolute Gasteiger partial charge is 0.416 e. The number of hydrogen-bond donors (Lipinski definition) is 0. The zero-order valence-electron chi connectivity index (χ0n) is 17.8. The van der Waals surface area contributed by atoms with Crippen molar-refractivity contribution in [3.05, 3.63) is 66.3 Å². The summed E-state index contributed by atoms with van der Waals surface area (Å²) in [4.78, 5) is 17.5. The van der Waals surface area contributed by atoms with E-state index in [-0.39, 0.29) is 19.1 Å². The van der Waals surface area contributed by atoms with Crippen LogP contribution in [0.25, 0.3) is 33.5 Å². The van der Waals surface area contributed by atoms with Crippen molar-refractivity contribution in [2.45, 2.75) is 19.1 Å². The number of hydrogen-bond acceptors (Lipinski definition) is 5. The number of fused-ring (bicyclic) bond motifs is 1. The van der Waals surface area contributed by atoms with Crippen LogP contribution in [0.1, 0.15) is 17.5 Å². The van der Waals surface area contributed by atoms with E-state index in [0.29, 0.717) is 39.4 Å². The number of carbonyl (C=O) groups is 1. The number of alkyl halides is 3. The molecule has 3 heterocycles. The van der Waals surface area contributed by atoms with Crippen molar-refractivity contribution in [1.29, 1.82) is 0 Å². The molecule has 1 amide bonds. The molecule has 1 aliphatic rings. The molecule has 4 aromatic rings. The van der Waals surface area contributed by atoms with E-state index in [1.165, 1.54) is 17.0 Å². The third kappa shape index (κ3) is 3.62. The van der Waals surface area contributed by atoms with Crippen LogP contribution in [-0.4, -0.2) is 43.8 Å². The molecule has 34 heavy (non-hydrogen) atoms. The molecule has 174 valence electrons. The Labute approximate surface area is 190 Å². The van der Waals surface area contributed by atoms with E-state index in [9.17, 15) is 22.4 Å². The molecule has 1 saturated heterocycles. The van der Waals surface area contributed by atoms with E-state index in [2.05, 4.69) is 16.7 Å². The van der Waals surface area contributed by atoms with Gasteiger partial charge in [-0.25, -0.2) is 4.39 Å². The van der Waals surface area contributed by atoms with Gasteiger partial charge in [-0.05, 0) is 18.2 Å². The summed E-state index contributed by atoms with van der Waals surface area (Å²) in [5.41, 5.74) is 1.43. The second kappa shape index (κ2) is 7.79. The zero-order chi connectivity index (χ0) is 24.2. The quantitative estimate of drug-likeness (QED) is 0.311. The Balaban J connectivity index is 1.63. The highest BCUT2D eigenvalue weighted by atomic mass is 19.4. The van der Waals surface area contributed by atoms with Crippen molar-refractivity contribution in [3.8, 4) is 22.6 Å². The van der Waals surface area contributed by atoms with Gasteiger partial charge >= 0.3 is 6.18 Å². The Morgan fingerprint density at radius 1 is 1.15 bits per heavy atom. The van der Waals surface area contributed by atoms with Crippen LogP contribution in [0.4, 0.5) is 17.6 Å². The number of amides is 1. The molecule has 0 N–H and O–H groups in total. The standard InChI is InChI=1S/C23H17F4N5O2/c1-12(24)22(33)31-10-16(11-31)32-20-17(4-3-5-18(20)21-28-13(2)34-30-21)19(29-32)14-6-8-15(9-7-14)23(25,26)27/h3-9,16H,1,10-11H2,2H3. The van der Waals surface area contributed by atoms with Gasteiger partial charge in [-0.15, -0.1) is 0 Å². The SMILES string of the molecule is C=C(F)C(=O)N1CC(n2nc(-c3ccc(C(F)(F)F)cc3)c3cccc(-c4noc(C)n4)c32)C1. The molecule has 0 unspecified atom stereocenters. The molecule has 1 aliphatic heterocycles. The van der Waals surface area contributed by atoms with Gasteiger partial charge in [-0.1, -0.05) is 36.0 Å². The van der Waals surface area contributed by atoms with E-state index in [0.717, 1.165) is 12.1 Å². The summed E-state index contributed by atoms with van der Waals surface area (Å²) in [7, 11) is 0. The second-order valence-electron chi connectivity index (χ2n) is 7.98. The Hall–Kier alpha value is -4.02. The summed E-state index contributed by atoms with van der Waals surface area (Å²) < 4.78 is 59.2. The van der Waals surface area contributed by atoms with Gasteiger partial charge in [0.05, 0.1) is 17.1 Å². The lowest BCUT2D eigenvalue weighted by Gasteiger charge is -2.39. The smallest absolute Gasteiger partial charge is 0.339 e. The molecule has 0 saturated carbocycles. The van der Waals surface area contributed by atoms with Gasteiger partial charge in [0.25, 0.3) is 5.91 Å². The minimum Gasteiger partial charge on any atom is -0.339 e. The van der Waals surface area contributed by atoms with E-state index >= 15 is 0 Å². The van der Waals surface area contributed by atoms with Crippen LogP contribution in [-0.2, 0) is 11.0 Å². The van der Waals surface area contributed by atoms with Crippen molar-refractivity contribution < 1.29 is 26.9 Å². The van der Waals surface area contributed by atoms with E-state index in [1.807, 2.05) is 0 Å². The summed E-state index contributed by atoms with van der Waals surface area (Å²) >= 11 is 0. The summed E-state index contributed by atoms with van der Waals surface area (Å²) in [5.74, 6) is -1.14. The molecular formula is C23H17F4N5O2. The minimum absolute atomic E-state index is 0.199. The first-order valence-electron chi connectivity index (χ1n) is 10.3. The molecule has 0 atom stereocenters. The number of likely N-dealkylation sites (tertiary alicyclic amines) is 1. The van der Waals surface area contributed by atoms with Crippen molar-refractivity contribution in [2.24, 2.45) is 0 Å². The Morgan fingerprint density at radius 3 is 2.44 bits per heavy atom. The lowest BCUT2D eigenvalue weighted by atomic mass is 10.0. The van der Waals surface area contributed by atoms with E-state index in [4.69, 9.17) is 9.62 Å². The zero-order valence-corrected chi connectivity index (χ0v) is 17.8. The van der Waals surface area contributed by atoms with E-state index in [1.54, 1.807) is 29.8 Å². The number of carbonyl (C=O) groups excluding carboxylic acids is 1. The lowest BCUT2D eigenvalue weighted by Crippen LogP contribution is -2.51. The minimum atomic E-state index is -4.45. The Kier molecular flexibility index (Phi) is 4.99. The molecular weight excluding hydrogens is 454 g/mol. The van der Waals surface area contributed by atoms with Crippen molar-refractivity contribution in [1.82, 2.24) is 24.8 Å². The molecule has 2 aromatic heterocycles. The maximum atomic E-state index is 13.3. The van der Waals surface area contributed by atoms with Crippen molar-refractivity contribution >= 4 is 16.8 Å². The summed E-state index contributed by atoms with van der Waals surface area (Å²) in [6.45, 7) is 5.09. The number of nitrogens with zero attached hydrogens (tertiary/aromatic N) is 5. The van der Waals surface area contributed by atoms with Crippen LogP contribution >= 0.6 is 0 Å². The highest BCUT2D eigenvalue weighted by molar-refractivity contribution is 6.01. The fourth-order valence-electron chi connectivity index (χ4n) is 4.02. The first-order chi connectivity index (χ1) is 16.1. The number of rotatable bonds is 4. The lowest BCUT2D eigenvalue weighted by molar-refractivity contribution is -0.137. The molecule has 2 aromatic carbocycles. The first kappa shape index (κ1) is 21.8. The van der Waals surface area contributed by atoms with Gasteiger partial charge in [0.2, 0.25) is 11.7 Å². The fraction of sp³-hybridized carbons (Fsp3) is 0.217. The molecule has 5 rings (SSSR count). The van der Waals surface area contributed by atoms with Crippen LogP contribution in [0.15, 0.2) is 59.4 Å². The third-order valence-corrected chi connectivity index (χ3v) is 5.71. The Morgan fingerprint density at radius 2 is 1.85 bits per heavy atom. The van der Waals surface area contributed by atoms with Crippen molar-refractivity contribution in [2.75, 3.05) is 13.1 Å². The monoisotopic (exact) mass is 471 g/mol. The number of aryl methyl sites for hydroxylation is 1. The van der Waals surface area contributed by atoms with Crippen LogP contribution in [0, 0.1) is 6.92 Å². The van der Waals surface area contributed by atoms with Crippen molar-refractivity contribution in [3.63, 3.8) is 0 Å². The van der Waals surface area contributed by atoms with Crippen LogP contribution in [0.5, 0.6) is 0 Å². The average molecular weight is 471 g/mol. The second-order valence-corrected chi connectivity index (χ2v) is 7.98. The molecule has 0 aliphatic carbocycles. The topological polar surface area (TPSA) is 77.0 Å². The Bertz CT molecular complexity index is 1420. The maximum absolute atomic E-state index is 13.3. The van der Waals surface area contributed by atoms with Gasteiger partial charge in [-0.2, -0.15) is 23.3 Å². The van der Waals surface area contributed by atoms with Crippen LogP contribution < -0.4 is 0 Å². The van der Waals surface area contributed by atoms with Gasteiger partial charge in [-0.3, -0.25) is 9.48 Å². The van der Waals surface area contributed by atoms with Gasteiger partial charge < -0.3 is 9.42 Å². The molecule has 11 heteroatoms.